The number of nitrogens with two attached hydrogens (primary N) is 2. The number of nitrogens with zero attached hydrogens (tertiary/aromatic N) is 2. The Bertz CT molecular complexity index is 1460. The number of likely N-dealkylation sites (tertiary alicyclic amines) is 2. The Labute approximate surface area is 306 Å². The summed E-state index contributed by atoms with van der Waals surface area (Å²) in [5.41, 5.74) is 11.7. The number of aliphatic hydroxyl groups is 2. The normalized spacial score (nSPS) is 19.7. The number of unbranched alkanes of at least 4 members (excludes halogenated alkanes) is 1. The summed E-state index contributed by atoms with van der Waals surface area (Å²) in [6, 6.07) is -1.30. The molecule has 12 N–H and O–H groups in total. The number of rotatable bonds is 19. The molecule has 2 saturated heterocycles. The number of aliphatic carboxylic acids is 1. The van der Waals surface area contributed by atoms with Gasteiger partial charge in [-0.05, 0) is 76.1 Å². The van der Waals surface area contributed by atoms with Crippen LogP contribution in [0.3, 0.4) is 0 Å². The summed E-state index contributed by atoms with van der Waals surface area (Å²) in [5, 5.41) is 48.3. The number of benzene rings is 1. The third-order valence-corrected chi connectivity index (χ3v) is 9.24. The van der Waals surface area contributed by atoms with E-state index < -0.39 is 96.9 Å². The summed E-state index contributed by atoms with van der Waals surface area (Å²) >= 11 is 0. The summed E-state index contributed by atoms with van der Waals surface area (Å²) in [4.78, 5) is 94.1. The highest BCUT2D eigenvalue weighted by atomic mass is 16.4. The first-order chi connectivity index (χ1) is 25.2. The van der Waals surface area contributed by atoms with Crippen molar-refractivity contribution in [1.82, 2.24) is 31.1 Å². The van der Waals surface area contributed by atoms with Crippen molar-refractivity contribution in [2.45, 2.75) is 101 Å². The van der Waals surface area contributed by atoms with E-state index in [0.29, 0.717) is 37.8 Å². The van der Waals surface area contributed by atoms with E-state index in [1.54, 1.807) is 12.1 Å². The van der Waals surface area contributed by atoms with Gasteiger partial charge in [0.1, 0.15) is 48.5 Å². The zero-order valence-electron chi connectivity index (χ0n) is 29.7. The number of carbonyl (C=O) groups excluding carboxylic acids is 6. The Kier molecular flexibility index (Phi) is 16.4. The van der Waals surface area contributed by atoms with Crippen molar-refractivity contribution < 1.29 is 54.0 Å². The van der Waals surface area contributed by atoms with Crippen LogP contribution in [-0.2, 0) is 40.0 Å². The number of phenolic OH excluding ortho intramolecular Hbond substituents is 1. The zero-order chi connectivity index (χ0) is 39.2. The van der Waals surface area contributed by atoms with Crippen LogP contribution in [0.2, 0.25) is 0 Å². The monoisotopic (exact) mass is 748 g/mol. The van der Waals surface area contributed by atoms with E-state index >= 15 is 0 Å². The van der Waals surface area contributed by atoms with E-state index in [4.69, 9.17) is 16.6 Å². The number of nitrogens with one attached hydrogen (secondary N) is 4. The fourth-order valence-corrected chi connectivity index (χ4v) is 6.36. The first-order valence-electron chi connectivity index (χ1n) is 17.7. The van der Waals surface area contributed by atoms with Gasteiger partial charge in [-0.1, -0.05) is 12.1 Å². The van der Waals surface area contributed by atoms with Crippen LogP contribution < -0.4 is 32.7 Å². The number of carbonyl (C=O) groups is 7. The smallest absolute Gasteiger partial charge is 0.322 e. The molecule has 19 heteroatoms. The van der Waals surface area contributed by atoms with Gasteiger partial charge in [0.15, 0.2) is 0 Å². The van der Waals surface area contributed by atoms with Gasteiger partial charge in [-0.3, -0.25) is 33.6 Å². The molecule has 1 aromatic carbocycles. The van der Waals surface area contributed by atoms with E-state index in [9.17, 15) is 48.9 Å². The van der Waals surface area contributed by atoms with Crippen LogP contribution in [0.15, 0.2) is 24.3 Å². The molecule has 0 aliphatic carbocycles. The molecule has 3 rings (SSSR count). The highest BCUT2D eigenvalue weighted by Crippen LogP contribution is 2.26. The second-order valence-electron chi connectivity index (χ2n) is 13.3. The Hall–Kier alpha value is -4.85. The van der Waals surface area contributed by atoms with Crippen molar-refractivity contribution in [3.63, 3.8) is 0 Å². The van der Waals surface area contributed by atoms with E-state index in [1.807, 2.05) is 0 Å². The van der Waals surface area contributed by atoms with E-state index in [1.165, 1.54) is 28.9 Å². The molecule has 2 aliphatic rings. The van der Waals surface area contributed by atoms with Crippen LogP contribution in [0, 0.1) is 0 Å². The molecule has 0 unspecified atom stereocenters. The fraction of sp³-hybridized carbons (Fsp3) is 0.618. The molecule has 0 saturated carbocycles. The number of amides is 6. The van der Waals surface area contributed by atoms with Gasteiger partial charge < -0.3 is 63.0 Å². The topological polar surface area (TPSA) is 307 Å². The molecular formula is C34H52N8O11. The summed E-state index contributed by atoms with van der Waals surface area (Å²) in [6.45, 7) is 0.585. The minimum atomic E-state index is -1.45. The summed E-state index contributed by atoms with van der Waals surface area (Å²) < 4.78 is 0. The molecule has 6 amide bonds. The van der Waals surface area contributed by atoms with Gasteiger partial charge in [0.25, 0.3) is 0 Å². The van der Waals surface area contributed by atoms with E-state index in [0.717, 1.165) is 0 Å². The van der Waals surface area contributed by atoms with Crippen LogP contribution in [0.1, 0.15) is 57.4 Å². The Morgan fingerprint density at radius 1 is 0.868 bits per heavy atom. The minimum Gasteiger partial charge on any atom is -0.508 e. The van der Waals surface area contributed by atoms with Crippen molar-refractivity contribution in [3.05, 3.63) is 29.8 Å². The molecule has 1 aromatic rings. The van der Waals surface area contributed by atoms with Gasteiger partial charge in [-0.15, -0.1) is 0 Å². The number of aromatic hydroxyl groups is 1. The van der Waals surface area contributed by atoms with Crippen LogP contribution in [0.5, 0.6) is 5.75 Å². The molecule has 0 radical (unpaired) electrons. The lowest BCUT2D eigenvalue weighted by atomic mass is 10.0. The Morgan fingerprint density at radius 2 is 1.51 bits per heavy atom. The van der Waals surface area contributed by atoms with Crippen molar-refractivity contribution in [2.75, 3.05) is 32.8 Å². The SMILES string of the molecule is C[C@@H](O)[C@H](NC(=O)[C@@H](N)CO)C(=O)N1CCC[C@H]1C(=O)N1CCC[C@H]1C(=O)N[C@@H](Cc1ccc(O)cc1)C(=O)N[C@@H](CCCCN)C(=O)NCC(=O)O. The van der Waals surface area contributed by atoms with Gasteiger partial charge in [0.05, 0.1) is 12.7 Å². The number of carboxylic acids is 1. The molecule has 294 valence electrons. The first-order valence-corrected chi connectivity index (χ1v) is 17.7. The minimum absolute atomic E-state index is 0.0238. The van der Waals surface area contributed by atoms with Crippen molar-refractivity contribution in [3.8, 4) is 5.75 Å². The Morgan fingerprint density at radius 3 is 2.11 bits per heavy atom. The molecular weight excluding hydrogens is 696 g/mol. The number of carboxylic acid groups (broad SMARTS) is 1. The maximum absolute atomic E-state index is 14.0. The quantitative estimate of drug-likeness (QED) is 0.0613. The molecule has 7 atom stereocenters. The standard InChI is InChI=1S/C34H52N8O11/c1-19(44)28(40-29(48)22(36)18-43)34(53)42-15-5-8-26(42)33(52)41-14-4-7-25(41)32(51)39-24(16-20-9-11-21(45)12-10-20)31(50)38-23(6-2-3-13-35)30(49)37-17-27(46)47/h9-12,19,22-26,28,43-45H,2-8,13-18,35-36H2,1H3,(H,37,49)(H,38,50)(H,39,51)(H,40,48)(H,46,47)/t19-,22+,23+,24+,25+,26+,28+/m1/s1. The maximum atomic E-state index is 14.0. The second-order valence-corrected chi connectivity index (χ2v) is 13.3. The van der Waals surface area contributed by atoms with Gasteiger partial charge in [0, 0.05) is 19.5 Å². The van der Waals surface area contributed by atoms with Crippen molar-refractivity contribution in [2.24, 2.45) is 11.5 Å². The van der Waals surface area contributed by atoms with E-state index in [2.05, 4.69) is 21.3 Å². The molecule has 2 aliphatic heterocycles. The second kappa shape index (κ2) is 20.4. The predicted octanol–water partition coefficient (Wildman–Crippen LogP) is -3.60. The lowest BCUT2D eigenvalue weighted by Crippen LogP contribution is -2.60. The van der Waals surface area contributed by atoms with Crippen molar-refractivity contribution >= 4 is 41.4 Å². The van der Waals surface area contributed by atoms with Gasteiger partial charge >= 0.3 is 5.97 Å². The van der Waals surface area contributed by atoms with Crippen LogP contribution in [0.25, 0.3) is 0 Å². The fourth-order valence-electron chi connectivity index (χ4n) is 6.36. The average molecular weight is 749 g/mol. The molecule has 2 heterocycles. The highest BCUT2D eigenvalue weighted by molar-refractivity contribution is 5.97. The van der Waals surface area contributed by atoms with Gasteiger partial charge in [0.2, 0.25) is 35.4 Å². The maximum Gasteiger partial charge on any atom is 0.322 e. The predicted molar refractivity (Wildman–Crippen MR) is 187 cm³/mol. The largest absolute Gasteiger partial charge is 0.508 e. The number of hydrogen-bond donors (Lipinski definition) is 10. The zero-order valence-corrected chi connectivity index (χ0v) is 29.7. The van der Waals surface area contributed by atoms with Gasteiger partial charge in [-0.2, -0.15) is 0 Å². The van der Waals surface area contributed by atoms with E-state index in [-0.39, 0.29) is 44.5 Å². The molecule has 2 fully saturated rings. The number of aliphatic hydroxyl groups excluding tert-OH is 2. The third kappa shape index (κ3) is 12.1. The highest BCUT2D eigenvalue weighted by Gasteiger charge is 2.45. The summed E-state index contributed by atoms with van der Waals surface area (Å²) in [7, 11) is 0. The summed E-state index contributed by atoms with van der Waals surface area (Å²) in [5.74, 6) is -5.55. The van der Waals surface area contributed by atoms with Crippen LogP contribution in [-0.4, -0.2) is 147 Å². The first kappa shape index (κ1) is 42.6. The van der Waals surface area contributed by atoms with Crippen LogP contribution in [0.4, 0.5) is 0 Å². The molecule has 0 bridgehead atoms. The lowest BCUT2D eigenvalue weighted by molar-refractivity contribution is -0.149. The Balaban J connectivity index is 1.81. The lowest BCUT2D eigenvalue weighted by Gasteiger charge is -2.34. The molecule has 19 nitrogen and oxygen atoms in total. The summed E-state index contributed by atoms with van der Waals surface area (Å²) in [6.07, 6.45) is 1.07. The average Bonchev–Trinajstić information content (AvgIpc) is 3.83. The van der Waals surface area contributed by atoms with Gasteiger partial charge in [-0.25, -0.2) is 0 Å². The molecule has 0 aromatic heterocycles. The molecule has 0 spiro atoms. The van der Waals surface area contributed by atoms with Crippen molar-refractivity contribution in [1.29, 1.82) is 0 Å². The number of phenols is 1. The third-order valence-electron chi connectivity index (χ3n) is 9.24. The molecule has 53 heavy (non-hydrogen) atoms. The number of hydrogen-bond acceptors (Lipinski definition) is 12. The van der Waals surface area contributed by atoms with Crippen LogP contribution >= 0.6 is 0 Å².